The number of carboxylic acid groups (broad SMARTS) is 1. The van der Waals surface area contributed by atoms with Crippen molar-refractivity contribution < 1.29 is 53.6 Å². The highest BCUT2D eigenvalue weighted by atomic mass is 79.9. The first-order chi connectivity index (χ1) is 36.2. The van der Waals surface area contributed by atoms with Crippen molar-refractivity contribution in [1.29, 1.82) is 0 Å². The Hall–Kier alpha value is -5.85. The van der Waals surface area contributed by atoms with Gasteiger partial charge in [-0.1, -0.05) is 91.2 Å². The number of hydrazine groups is 2. The fourth-order valence-corrected chi connectivity index (χ4v) is 8.87. The number of aliphatic hydroxyl groups is 2. The third kappa shape index (κ3) is 19.4. The van der Waals surface area contributed by atoms with E-state index in [0.29, 0.717) is 38.8 Å². The Morgan fingerprint density at radius 3 is 1.35 bits per heavy atom. The topological polar surface area (TPSA) is 294 Å². The van der Waals surface area contributed by atoms with Crippen LogP contribution in [0.5, 0.6) is 0 Å². The van der Waals surface area contributed by atoms with E-state index in [1.54, 1.807) is 76.2 Å². The van der Waals surface area contributed by atoms with Crippen molar-refractivity contribution in [3.8, 4) is 0 Å². The van der Waals surface area contributed by atoms with Gasteiger partial charge in [0.2, 0.25) is 17.7 Å². The number of nitrogens with zero attached hydrogens (tertiary/aromatic N) is 4. The molecule has 2 aromatic heterocycles. The number of alkyl carbamates (subject to hydrolysis) is 1. The first kappa shape index (κ1) is 67.4. The molecule has 2 aromatic carbocycles. The molecule has 6 rings (SSSR count). The number of carbonyl (C=O) groups is 7. The second kappa shape index (κ2) is 29.0. The third-order valence-corrected chi connectivity index (χ3v) is 14.0. The van der Waals surface area contributed by atoms with Gasteiger partial charge in [0.25, 0.3) is 11.8 Å². The SMILES string of the molecule is C.CC(C)[C@H](O)C(=O)N[C@@H](C)C(=O)N1CCCC(C)(C(=O)N[C@H](C)c2ccc3ccc(Br)cc3n2)N1.CC(C)[C@H](O)C(=O)O.C[C@H](NC(=O)OC(C)(C)C)C(=O)N1CCCC(C)(C(=O)N[C@H](C)c2ccc3ccc(Br)cc3n2)N1. The molecule has 0 saturated carbocycles. The zero-order valence-electron chi connectivity index (χ0n) is 46.8. The van der Waals surface area contributed by atoms with Crippen molar-refractivity contribution >= 4 is 95.3 Å². The van der Waals surface area contributed by atoms with E-state index in [4.69, 9.17) is 19.9 Å². The van der Waals surface area contributed by atoms with Crippen LogP contribution in [0.4, 0.5) is 4.79 Å². The summed E-state index contributed by atoms with van der Waals surface area (Å²) in [6.45, 7) is 23.3. The van der Waals surface area contributed by atoms with Gasteiger partial charge < -0.3 is 41.3 Å². The average Bonchev–Trinajstić information content (AvgIpc) is 3.36. The maximum Gasteiger partial charge on any atom is 0.408 e. The second-order valence-corrected chi connectivity index (χ2v) is 23.8. The van der Waals surface area contributed by atoms with E-state index in [0.717, 1.165) is 42.1 Å². The molecular formula is C56H82Br2N10O11. The molecule has 2 aliphatic rings. The molecule has 0 spiro atoms. The van der Waals surface area contributed by atoms with E-state index < -0.39 is 58.9 Å². The number of amides is 6. The van der Waals surface area contributed by atoms with Crippen molar-refractivity contribution in [2.75, 3.05) is 13.1 Å². The smallest absolute Gasteiger partial charge is 0.408 e. The van der Waals surface area contributed by atoms with Crippen LogP contribution in [0.15, 0.2) is 69.6 Å². The molecule has 8 atom stereocenters. The maximum absolute atomic E-state index is 13.3. The highest BCUT2D eigenvalue weighted by Gasteiger charge is 2.42. The normalized spacial score (nSPS) is 19.6. The zero-order chi connectivity index (χ0) is 58.6. The number of rotatable bonds is 14. The summed E-state index contributed by atoms with van der Waals surface area (Å²) in [6, 6.07) is 17.1. The van der Waals surface area contributed by atoms with Gasteiger partial charge in [-0.05, 0) is 136 Å². The van der Waals surface area contributed by atoms with Gasteiger partial charge >= 0.3 is 12.1 Å². The maximum atomic E-state index is 13.3. The number of hydrogen-bond acceptors (Lipinski definition) is 14. The molecule has 2 aliphatic heterocycles. The lowest BCUT2D eigenvalue weighted by Crippen LogP contribution is -2.67. The van der Waals surface area contributed by atoms with Gasteiger partial charge in [0.05, 0.1) is 34.5 Å². The van der Waals surface area contributed by atoms with Crippen molar-refractivity contribution in [3.63, 3.8) is 0 Å². The summed E-state index contributed by atoms with van der Waals surface area (Å²) in [5.74, 6) is -3.41. The predicted molar refractivity (Wildman–Crippen MR) is 309 cm³/mol. The molecule has 21 nitrogen and oxygen atoms in total. The molecule has 2 fully saturated rings. The minimum Gasteiger partial charge on any atom is -0.479 e. The number of aromatic nitrogens is 2. The van der Waals surface area contributed by atoms with Crippen molar-refractivity contribution in [2.24, 2.45) is 11.8 Å². The number of nitrogens with one attached hydrogen (secondary N) is 6. The summed E-state index contributed by atoms with van der Waals surface area (Å²) in [7, 11) is 0. The molecule has 0 bridgehead atoms. The molecule has 79 heavy (non-hydrogen) atoms. The third-order valence-electron chi connectivity index (χ3n) is 13.0. The summed E-state index contributed by atoms with van der Waals surface area (Å²) in [5, 5.41) is 42.6. The van der Waals surface area contributed by atoms with Gasteiger partial charge in [-0.3, -0.25) is 44.0 Å². The summed E-state index contributed by atoms with van der Waals surface area (Å²) in [4.78, 5) is 95.9. The minimum atomic E-state index is -1.21. The lowest BCUT2D eigenvalue weighted by Gasteiger charge is -2.41. The molecule has 6 amide bonds. The Balaban J connectivity index is 0.000000361. The largest absolute Gasteiger partial charge is 0.479 e. The second-order valence-electron chi connectivity index (χ2n) is 21.9. The molecule has 4 heterocycles. The number of halogens is 2. The van der Waals surface area contributed by atoms with Gasteiger partial charge in [0, 0.05) is 32.8 Å². The minimum absolute atomic E-state index is 0. The monoisotopic (exact) mass is 1230 g/mol. The zero-order valence-corrected chi connectivity index (χ0v) is 50.0. The highest BCUT2D eigenvalue weighted by molar-refractivity contribution is 9.10. The van der Waals surface area contributed by atoms with Crippen LogP contribution < -0.4 is 32.1 Å². The molecule has 9 N–H and O–H groups in total. The molecule has 2 unspecified atom stereocenters. The molecular weight excluding hydrogens is 1150 g/mol. The summed E-state index contributed by atoms with van der Waals surface area (Å²) in [5.41, 5.74) is 6.61. The summed E-state index contributed by atoms with van der Waals surface area (Å²) < 4.78 is 7.10. The van der Waals surface area contributed by atoms with Crippen LogP contribution in [-0.4, -0.2) is 131 Å². The summed E-state index contributed by atoms with van der Waals surface area (Å²) >= 11 is 6.93. The number of benzene rings is 2. The van der Waals surface area contributed by atoms with E-state index in [-0.39, 0.29) is 55.0 Å². The van der Waals surface area contributed by atoms with Crippen LogP contribution in [0.25, 0.3) is 21.8 Å². The molecule has 436 valence electrons. The van der Waals surface area contributed by atoms with Gasteiger partial charge in [-0.25, -0.2) is 20.4 Å². The fourth-order valence-electron chi connectivity index (χ4n) is 8.18. The number of ether oxygens (including phenoxy) is 1. The number of pyridine rings is 2. The van der Waals surface area contributed by atoms with Crippen LogP contribution in [-0.2, 0) is 33.5 Å². The number of carbonyl (C=O) groups excluding carboxylic acids is 6. The van der Waals surface area contributed by atoms with Crippen LogP contribution in [0.3, 0.4) is 0 Å². The Kier molecular flexibility index (Phi) is 24.8. The van der Waals surface area contributed by atoms with Crippen LogP contribution >= 0.6 is 31.9 Å². The van der Waals surface area contributed by atoms with Crippen molar-refractivity contribution in [3.05, 3.63) is 81.0 Å². The lowest BCUT2D eigenvalue weighted by atomic mass is 9.92. The average molecular weight is 1230 g/mol. The number of aliphatic carboxylic acids is 1. The molecule has 4 aromatic rings. The molecule has 2 saturated heterocycles. The van der Waals surface area contributed by atoms with Crippen LogP contribution in [0.1, 0.15) is 147 Å². The van der Waals surface area contributed by atoms with Gasteiger partial charge in [0.1, 0.15) is 34.9 Å². The first-order valence-corrected chi connectivity index (χ1v) is 27.6. The Morgan fingerprint density at radius 2 is 1.00 bits per heavy atom. The van der Waals surface area contributed by atoms with Gasteiger partial charge in [-0.2, -0.15) is 0 Å². The van der Waals surface area contributed by atoms with Crippen LogP contribution in [0.2, 0.25) is 0 Å². The Morgan fingerprint density at radius 1 is 0.620 bits per heavy atom. The predicted octanol–water partition coefficient (Wildman–Crippen LogP) is 7.28. The molecule has 0 radical (unpaired) electrons. The number of fused-ring (bicyclic) bond motifs is 2. The van der Waals surface area contributed by atoms with E-state index >= 15 is 0 Å². The van der Waals surface area contributed by atoms with Gasteiger partial charge in [-0.15, -0.1) is 0 Å². The molecule has 0 aliphatic carbocycles. The number of aliphatic hydroxyl groups excluding tert-OH is 2. The number of hydrogen-bond donors (Lipinski definition) is 9. The fraction of sp³-hybridized carbons (Fsp3) is 0.554. The standard InChI is InChI=1S/2C25H34BrN5O4.C5H10O3.CH4/c1-15(19-11-9-17-8-10-18(26)14-20(17)29-19)27-22(33)25(6)12-7-13-31(30-25)21(32)16(2)28-23(34)35-24(3,4)5;1-14(2)21(32)22(33)27-16(4)23(34)31-12-6-11-25(5,30-31)24(35)28-15(3)19-10-8-17-7-9-18(26)13-20(17)29-19;1-3(2)4(6)5(7)8;/h8-11,14-16,30H,7,12-13H2,1-6H3,(H,27,33)(H,28,34);7-10,13-16,21,30,32H,6,11-12H2,1-5H3,(H,27,33)(H,28,35);3-4,6H,1-2H3,(H,7,8);1H4/t15-,16+,25?;15-,16+,21+,25?;4-;/m110./s1. The van der Waals surface area contributed by atoms with E-state index in [9.17, 15) is 38.7 Å². The van der Waals surface area contributed by atoms with E-state index in [1.165, 1.54) is 10.0 Å². The van der Waals surface area contributed by atoms with Crippen LogP contribution in [0, 0.1) is 11.8 Å². The molecule has 23 heteroatoms. The lowest BCUT2D eigenvalue weighted by molar-refractivity contribution is -0.149. The Labute approximate surface area is 480 Å². The van der Waals surface area contributed by atoms with Gasteiger partial charge in [0.15, 0.2) is 6.10 Å². The van der Waals surface area contributed by atoms with E-state index in [1.807, 2.05) is 74.5 Å². The van der Waals surface area contributed by atoms with Crippen molar-refractivity contribution in [1.82, 2.24) is 52.1 Å². The Bertz CT molecular complexity index is 2800. The number of carboxylic acids is 1. The first-order valence-electron chi connectivity index (χ1n) is 26.1. The quantitative estimate of drug-likeness (QED) is 0.0600. The van der Waals surface area contributed by atoms with Crippen molar-refractivity contribution in [2.45, 2.75) is 176 Å². The summed E-state index contributed by atoms with van der Waals surface area (Å²) in [6.07, 6.45) is -0.717. The van der Waals surface area contributed by atoms with E-state index in [2.05, 4.69) is 69.0 Å². The highest BCUT2D eigenvalue weighted by Crippen LogP contribution is 2.26.